The van der Waals surface area contributed by atoms with Gasteiger partial charge in [0.25, 0.3) is 0 Å². The molecule has 0 saturated carbocycles. The molecule has 0 fully saturated rings. The van der Waals surface area contributed by atoms with Crippen LogP contribution in [0.4, 0.5) is 0 Å². The lowest BCUT2D eigenvalue weighted by molar-refractivity contribution is 0.444. The molecule has 4 nitrogen and oxygen atoms in total. The van der Waals surface area contributed by atoms with Crippen LogP contribution in [0.2, 0.25) is 0 Å². The van der Waals surface area contributed by atoms with Gasteiger partial charge in [-0.1, -0.05) is 0 Å². The maximum absolute atomic E-state index is 5.20. The Kier molecular flexibility index (Phi) is 3.92. The van der Waals surface area contributed by atoms with Crippen molar-refractivity contribution in [3.05, 3.63) is 17.8 Å². The van der Waals surface area contributed by atoms with Gasteiger partial charge in [-0.25, -0.2) is 4.98 Å². The molecule has 0 aliphatic heterocycles. The fourth-order valence-electron chi connectivity index (χ4n) is 1.14. The molecule has 74 valence electrons. The zero-order valence-corrected chi connectivity index (χ0v) is 8.42. The van der Waals surface area contributed by atoms with Gasteiger partial charge in [0.2, 0.25) is 0 Å². The second-order valence-corrected chi connectivity index (χ2v) is 3.20. The molecule has 1 atom stereocenters. The molecule has 1 rings (SSSR count). The van der Waals surface area contributed by atoms with Crippen molar-refractivity contribution >= 4 is 0 Å². The van der Waals surface area contributed by atoms with Gasteiger partial charge < -0.3 is 15.1 Å². The molecule has 0 amide bonds. The first-order chi connectivity index (χ1) is 6.24. The molecule has 1 aromatic rings. The minimum Gasteiger partial charge on any atom is -0.447 e. The van der Waals surface area contributed by atoms with Crippen LogP contribution >= 0.6 is 0 Å². The zero-order valence-electron chi connectivity index (χ0n) is 8.42. The Labute approximate surface area is 78.7 Å². The van der Waals surface area contributed by atoms with Crippen LogP contribution in [0.25, 0.3) is 0 Å². The maximum Gasteiger partial charge on any atom is 0.181 e. The average Bonchev–Trinajstić information content (AvgIpc) is 2.48. The summed E-state index contributed by atoms with van der Waals surface area (Å²) < 4.78 is 5.20. The standard InChI is InChI=1S/C9H17N3O/c1-7(4-10-3)11-5-9-8(2)12-6-13-9/h6-7,10-11H,4-5H2,1-3H3. The molecule has 0 spiro atoms. The smallest absolute Gasteiger partial charge is 0.181 e. The van der Waals surface area contributed by atoms with Crippen molar-refractivity contribution in [2.24, 2.45) is 0 Å². The molecule has 4 heteroatoms. The fraction of sp³-hybridized carbons (Fsp3) is 0.667. The third-order valence-corrected chi connectivity index (χ3v) is 1.97. The van der Waals surface area contributed by atoms with Gasteiger partial charge in [-0.2, -0.15) is 0 Å². The summed E-state index contributed by atoms with van der Waals surface area (Å²) in [5.41, 5.74) is 0.962. The van der Waals surface area contributed by atoms with E-state index in [4.69, 9.17) is 4.42 Å². The van der Waals surface area contributed by atoms with Crippen LogP contribution < -0.4 is 10.6 Å². The minimum absolute atomic E-state index is 0.439. The number of aromatic nitrogens is 1. The second-order valence-electron chi connectivity index (χ2n) is 3.20. The Bertz CT molecular complexity index is 247. The van der Waals surface area contributed by atoms with E-state index in [-0.39, 0.29) is 0 Å². The molecular formula is C9H17N3O. The highest BCUT2D eigenvalue weighted by atomic mass is 16.3. The van der Waals surface area contributed by atoms with E-state index in [2.05, 4.69) is 22.5 Å². The van der Waals surface area contributed by atoms with Gasteiger partial charge in [0.05, 0.1) is 12.2 Å². The Morgan fingerprint density at radius 3 is 2.92 bits per heavy atom. The highest BCUT2D eigenvalue weighted by molar-refractivity contribution is 5.03. The number of oxazole rings is 1. The molecular weight excluding hydrogens is 166 g/mol. The minimum atomic E-state index is 0.439. The normalized spacial score (nSPS) is 13.2. The van der Waals surface area contributed by atoms with E-state index in [1.54, 1.807) is 0 Å². The number of aryl methyl sites for hydroxylation is 1. The van der Waals surface area contributed by atoms with Crippen LogP contribution in [0.3, 0.4) is 0 Å². The molecule has 13 heavy (non-hydrogen) atoms. The van der Waals surface area contributed by atoms with Crippen molar-refractivity contribution < 1.29 is 4.42 Å². The van der Waals surface area contributed by atoms with Crippen molar-refractivity contribution in [1.29, 1.82) is 0 Å². The van der Waals surface area contributed by atoms with Crippen LogP contribution in [-0.4, -0.2) is 24.6 Å². The quantitative estimate of drug-likeness (QED) is 0.705. The molecule has 1 aromatic heterocycles. The fourth-order valence-corrected chi connectivity index (χ4v) is 1.14. The second kappa shape index (κ2) is 4.99. The number of hydrogen-bond donors (Lipinski definition) is 2. The monoisotopic (exact) mass is 183 g/mol. The number of nitrogens with zero attached hydrogens (tertiary/aromatic N) is 1. The van der Waals surface area contributed by atoms with E-state index < -0.39 is 0 Å². The van der Waals surface area contributed by atoms with Crippen LogP contribution in [0.15, 0.2) is 10.8 Å². The Morgan fingerprint density at radius 1 is 1.62 bits per heavy atom. The van der Waals surface area contributed by atoms with Crippen molar-refractivity contribution in [3.8, 4) is 0 Å². The number of likely N-dealkylation sites (N-methyl/N-ethyl adjacent to an activating group) is 1. The molecule has 0 aromatic carbocycles. The van der Waals surface area contributed by atoms with Crippen LogP contribution in [-0.2, 0) is 6.54 Å². The van der Waals surface area contributed by atoms with Crippen LogP contribution in [0.5, 0.6) is 0 Å². The SMILES string of the molecule is CNCC(C)NCc1ocnc1C. The lowest BCUT2D eigenvalue weighted by Gasteiger charge is -2.11. The van der Waals surface area contributed by atoms with E-state index in [0.717, 1.165) is 24.5 Å². The predicted octanol–water partition coefficient (Wildman–Crippen LogP) is 0.681. The lowest BCUT2D eigenvalue weighted by Crippen LogP contribution is -2.34. The number of nitrogens with one attached hydrogen (secondary N) is 2. The van der Waals surface area contributed by atoms with Crippen LogP contribution in [0.1, 0.15) is 18.4 Å². The molecule has 1 unspecified atom stereocenters. The van der Waals surface area contributed by atoms with Crippen LogP contribution in [0, 0.1) is 6.92 Å². The van der Waals surface area contributed by atoms with E-state index in [9.17, 15) is 0 Å². The van der Waals surface area contributed by atoms with Gasteiger partial charge in [0.15, 0.2) is 6.39 Å². The predicted molar refractivity (Wildman–Crippen MR) is 51.5 cm³/mol. The number of rotatable bonds is 5. The molecule has 0 aliphatic rings. The highest BCUT2D eigenvalue weighted by Gasteiger charge is 2.04. The molecule has 0 radical (unpaired) electrons. The summed E-state index contributed by atoms with van der Waals surface area (Å²) in [6.45, 7) is 5.77. The van der Waals surface area contributed by atoms with Gasteiger partial charge in [0, 0.05) is 12.6 Å². The summed E-state index contributed by atoms with van der Waals surface area (Å²) in [5.74, 6) is 0.919. The summed E-state index contributed by atoms with van der Waals surface area (Å²) in [6.07, 6.45) is 1.48. The van der Waals surface area contributed by atoms with E-state index in [1.165, 1.54) is 6.39 Å². The zero-order chi connectivity index (χ0) is 9.68. The van der Waals surface area contributed by atoms with Gasteiger partial charge in [-0.3, -0.25) is 0 Å². The van der Waals surface area contributed by atoms with Crippen molar-refractivity contribution in [3.63, 3.8) is 0 Å². The van der Waals surface area contributed by atoms with Gasteiger partial charge in [0.1, 0.15) is 5.76 Å². The summed E-state index contributed by atoms with van der Waals surface area (Å²) in [4.78, 5) is 4.02. The molecule has 1 heterocycles. The van der Waals surface area contributed by atoms with Gasteiger partial charge in [-0.05, 0) is 20.9 Å². The Balaban J connectivity index is 2.30. The highest BCUT2D eigenvalue weighted by Crippen LogP contribution is 2.03. The topological polar surface area (TPSA) is 50.1 Å². The largest absolute Gasteiger partial charge is 0.447 e. The number of hydrogen-bond acceptors (Lipinski definition) is 4. The molecule has 0 aliphatic carbocycles. The van der Waals surface area contributed by atoms with E-state index in [0.29, 0.717) is 6.04 Å². The summed E-state index contributed by atoms with van der Waals surface area (Å²) in [7, 11) is 1.94. The van der Waals surface area contributed by atoms with Crippen molar-refractivity contribution in [2.75, 3.05) is 13.6 Å². The first-order valence-corrected chi connectivity index (χ1v) is 4.51. The maximum atomic E-state index is 5.20. The van der Waals surface area contributed by atoms with Crippen molar-refractivity contribution in [1.82, 2.24) is 15.6 Å². The summed E-state index contributed by atoms with van der Waals surface area (Å²) in [5, 5.41) is 6.43. The van der Waals surface area contributed by atoms with Crippen molar-refractivity contribution in [2.45, 2.75) is 26.4 Å². The summed E-state index contributed by atoms with van der Waals surface area (Å²) >= 11 is 0. The Hall–Kier alpha value is -0.870. The summed E-state index contributed by atoms with van der Waals surface area (Å²) in [6, 6.07) is 0.439. The first-order valence-electron chi connectivity index (χ1n) is 4.51. The third-order valence-electron chi connectivity index (χ3n) is 1.97. The van der Waals surface area contributed by atoms with E-state index in [1.807, 2.05) is 14.0 Å². The molecule has 0 saturated heterocycles. The van der Waals surface area contributed by atoms with Gasteiger partial charge in [-0.15, -0.1) is 0 Å². The Morgan fingerprint density at radius 2 is 2.38 bits per heavy atom. The molecule has 2 N–H and O–H groups in total. The average molecular weight is 183 g/mol. The third kappa shape index (κ3) is 3.16. The van der Waals surface area contributed by atoms with Gasteiger partial charge >= 0.3 is 0 Å². The first kappa shape index (κ1) is 10.2. The molecule has 0 bridgehead atoms. The van der Waals surface area contributed by atoms with E-state index >= 15 is 0 Å². The lowest BCUT2D eigenvalue weighted by atomic mass is 10.3.